The van der Waals surface area contributed by atoms with Crippen LogP contribution >= 0.6 is 22.9 Å². The van der Waals surface area contributed by atoms with Crippen LogP contribution in [-0.2, 0) is 6.61 Å². The number of halogens is 1. The average Bonchev–Trinajstić information content (AvgIpc) is 2.67. The standard InChI is InChI=1S/C12H9ClN2OS/c1-8-11(6-14)17-12(15-8)7-16-10-4-2-3-9(13)5-10/h2-5H,7H2,1H3. The molecule has 1 aromatic heterocycles. The zero-order valence-electron chi connectivity index (χ0n) is 9.11. The molecule has 0 aliphatic carbocycles. The van der Waals surface area contributed by atoms with Crippen molar-refractivity contribution >= 4 is 22.9 Å². The maximum Gasteiger partial charge on any atom is 0.140 e. The smallest absolute Gasteiger partial charge is 0.140 e. The highest BCUT2D eigenvalue weighted by Crippen LogP contribution is 2.21. The lowest BCUT2D eigenvalue weighted by Gasteiger charge is -2.03. The fourth-order valence-electron chi connectivity index (χ4n) is 1.32. The third-order valence-corrected chi connectivity index (χ3v) is 3.37. The van der Waals surface area contributed by atoms with Crippen LogP contribution in [0.2, 0.25) is 5.02 Å². The summed E-state index contributed by atoms with van der Waals surface area (Å²) in [6.45, 7) is 2.17. The predicted octanol–water partition coefficient (Wildman–Crippen LogP) is 3.56. The van der Waals surface area contributed by atoms with Crippen LogP contribution in [0.5, 0.6) is 5.75 Å². The molecule has 0 aliphatic rings. The number of rotatable bonds is 3. The van der Waals surface area contributed by atoms with Crippen LogP contribution < -0.4 is 4.74 Å². The van der Waals surface area contributed by atoms with Gasteiger partial charge in [-0.1, -0.05) is 17.7 Å². The van der Waals surface area contributed by atoms with Crippen molar-refractivity contribution in [3.05, 3.63) is 44.9 Å². The fraction of sp³-hybridized carbons (Fsp3) is 0.167. The minimum Gasteiger partial charge on any atom is -0.486 e. The van der Waals surface area contributed by atoms with Crippen molar-refractivity contribution in [1.82, 2.24) is 4.98 Å². The molecule has 0 amide bonds. The molecule has 86 valence electrons. The number of benzene rings is 1. The Morgan fingerprint density at radius 2 is 2.35 bits per heavy atom. The first-order valence-corrected chi connectivity index (χ1v) is 6.13. The number of ether oxygens (including phenoxy) is 1. The van der Waals surface area contributed by atoms with Crippen LogP contribution in [0, 0.1) is 18.3 Å². The van der Waals surface area contributed by atoms with Crippen molar-refractivity contribution in [3.8, 4) is 11.8 Å². The second-order valence-corrected chi connectivity index (χ2v) is 4.90. The van der Waals surface area contributed by atoms with Crippen molar-refractivity contribution in [3.63, 3.8) is 0 Å². The second-order valence-electron chi connectivity index (χ2n) is 3.38. The van der Waals surface area contributed by atoms with Crippen molar-refractivity contribution in [2.75, 3.05) is 0 Å². The van der Waals surface area contributed by atoms with Gasteiger partial charge in [-0.3, -0.25) is 0 Å². The molecule has 0 aliphatic heterocycles. The molecule has 5 heteroatoms. The Hall–Kier alpha value is -1.57. The van der Waals surface area contributed by atoms with Gasteiger partial charge in [0.1, 0.15) is 28.3 Å². The van der Waals surface area contributed by atoms with Gasteiger partial charge in [0.2, 0.25) is 0 Å². The summed E-state index contributed by atoms with van der Waals surface area (Å²) >= 11 is 7.20. The Kier molecular flexibility index (Phi) is 3.62. The Morgan fingerprint density at radius 3 is 3.00 bits per heavy atom. The summed E-state index contributed by atoms with van der Waals surface area (Å²) in [5.41, 5.74) is 0.752. The molecule has 1 aromatic carbocycles. The topological polar surface area (TPSA) is 45.9 Å². The molecular weight excluding hydrogens is 256 g/mol. The van der Waals surface area contributed by atoms with E-state index in [1.54, 1.807) is 12.1 Å². The Morgan fingerprint density at radius 1 is 1.53 bits per heavy atom. The summed E-state index contributed by atoms with van der Waals surface area (Å²) in [5.74, 6) is 0.698. The molecule has 0 bridgehead atoms. The quantitative estimate of drug-likeness (QED) is 0.852. The zero-order valence-corrected chi connectivity index (χ0v) is 10.7. The van der Waals surface area contributed by atoms with E-state index in [1.165, 1.54) is 11.3 Å². The first-order chi connectivity index (χ1) is 8.19. The number of nitrogens with zero attached hydrogens (tertiary/aromatic N) is 2. The predicted molar refractivity (Wildman–Crippen MR) is 67.4 cm³/mol. The highest BCUT2D eigenvalue weighted by Gasteiger charge is 2.07. The Balaban J connectivity index is 2.05. The molecule has 3 nitrogen and oxygen atoms in total. The van der Waals surface area contributed by atoms with Crippen LogP contribution in [0.4, 0.5) is 0 Å². The number of aryl methyl sites for hydroxylation is 1. The van der Waals surface area contributed by atoms with E-state index in [2.05, 4.69) is 11.1 Å². The van der Waals surface area contributed by atoms with Gasteiger partial charge < -0.3 is 4.74 Å². The summed E-state index contributed by atoms with van der Waals surface area (Å²) in [6, 6.07) is 9.29. The molecule has 0 saturated carbocycles. The highest BCUT2D eigenvalue weighted by atomic mass is 35.5. The molecule has 2 aromatic rings. The van der Waals surface area contributed by atoms with E-state index >= 15 is 0 Å². The molecule has 17 heavy (non-hydrogen) atoms. The van der Waals surface area contributed by atoms with Crippen LogP contribution in [0.1, 0.15) is 15.6 Å². The zero-order chi connectivity index (χ0) is 12.3. The van der Waals surface area contributed by atoms with Crippen LogP contribution in [0.15, 0.2) is 24.3 Å². The maximum atomic E-state index is 8.82. The van der Waals surface area contributed by atoms with Crippen molar-refractivity contribution in [2.24, 2.45) is 0 Å². The molecule has 0 N–H and O–H groups in total. The first-order valence-electron chi connectivity index (χ1n) is 4.94. The van der Waals surface area contributed by atoms with Crippen LogP contribution in [-0.4, -0.2) is 4.98 Å². The Bertz CT molecular complexity index is 574. The van der Waals surface area contributed by atoms with Gasteiger partial charge in [0.25, 0.3) is 0 Å². The normalized spacial score (nSPS) is 9.94. The summed E-state index contributed by atoms with van der Waals surface area (Å²) in [7, 11) is 0. The van der Waals surface area contributed by atoms with Gasteiger partial charge in [-0.2, -0.15) is 5.26 Å². The van der Waals surface area contributed by atoms with Crippen LogP contribution in [0.3, 0.4) is 0 Å². The molecule has 0 fully saturated rings. The van der Waals surface area contributed by atoms with E-state index in [1.807, 2.05) is 19.1 Å². The van der Waals surface area contributed by atoms with E-state index in [0.29, 0.717) is 22.3 Å². The molecule has 0 atom stereocenters. The third-order valence-electron chi connectivity index (χ3n) is 2.10. The molecular formula is C12H9ClN2OS. The van der Waals surface area contributed by atoms with Gasteiger partial charge in [-0.25, -0.2) is 4.98 Å². The van der Waals surface area contributed by atoms with Crippen molar-refractivity contribution in [1.29, 1.82) is 5.26 Å². The number of hydrogen-bond acceptors (Lipinski definition) is 4. The average molecular weight is 265 g/mol. The molecule has 0 saturated heterocycles. The monoisotopic (exact) mass is 264 g/mol. The van der Waals surface area contributed by atoms with E-state index in [0.717, 1.165) is 10.7 Å². The van der Waals surface area contributed by atoms with Gasteiger partial charge in [0.15, 0.2) is 0 Å². The second kappa shape index (κ2) is 5.17. The lowest BCUT2D eigenvalue weighted by Crippen LogP contribution is -1.94. The summed E-state index contributed by atoms with van der Waals surface area (Å²) in [4.78, 5) is 4.89. The van der Waals surface area contributed by atoms with E-state index in [4.69, 9.17) is 21.6 Å². The lowest BCUT2D eigenvalue weighted by atomic mass is 10.3. The maximum absolute atomic E-state index is 8.82. The van der Waals surface area contributed by atoms with Gasteiger partial charge in [0.05, 0.1) is 5.69 Å². The van der Waals surface area contributed by atoms with Crippen LogP contribution in [0.25, 0.3) is 0 Å². The summed E-state index contributed by atoms with van der Waals surface area (Å²) in [5, 5.41) is 10.2. The van der Waals surface area contributed by atoms with Gasteiger partial charge in [-0.15, -0.1) is 11.3 Å². The minimum atomic E-state index is 0.355. The molecule has 2 rings (SSSR count). The van der Waals surface area contributed by atoms with Crippen molar-refractivity contribution in [2.45, 2.75) is 13.5 Å². The van der Waals surface area contributed by atoms with E-state index < -0.39 is 0 Å². The molecule has 0 unspecified atom stereocenters. The van der Waals surface area contributed by atoms with Crippen molar-refractivity contribution < 1.29 is 4.74 Å². The molecule has 0 spiro atoms. The highest BCUT2D eigenvalue weighted by molar-refractivity contribution is 7.12. The third kappa shape index (κ3) is 2.96. The van der Waals surface area contributed by atoms with Gasteiger partial charge in [-0.05, 0) is 25.1 Å². The van der Waals surface area contributed by atoms with Gasteiger partial charge in [0, 0.05) is 5.02 Å². The number of hydrogen-bond donors (Lipinski definition) is 0. The van der Waals surface area contributed by atoms with Gasteiger partial charge >= 0.3 is 0 Å². The first kappa shape index (κ1) is 11.9. The minimum absolute atomic E-state index is 0.355. The van der Waals surface area contributed by atoms with E-state index in [-0.39, 0.29) is 0 Å². The number of aromatic nitrogens is 1. The number of thiazole rings is 1. The van der Waals surface area contributed by atoms with E-state index in [9.17, 15) is 0 Å². The Labute approximate surface area is 108 Å². The molecule has 1 heterocycles. The summed E-state index contributed by atoms with van der Waals surface area (Å²) < 4.78 is 5.54. The number of nitriles is 1. The summed E-state index contributed by atoms with van der Waals surface area (Å²) in [6.07, 6.45) is 0. The fourth-order valence-corrected chi connectivity index (χ4v) is 2.27. The molecule has 0 radical (unpaired) electrons. The SMILES string of the molecule is Cc1nc(COc2cccc(Cl)c2)sc1C#N. The largest absolute Gasteiger partial charge is 0.486 e. The lowest BCUT2D eigenvalue weighted by molar-refractivity contribution is 0.305.